The number of benzene rings is 1. The van der Waals surface area contributed by atoms with Gasteiger partial charge in [-0.3, -0.25) is 14.4 Å². The number of likely N-dealkylation sites (tertiary alicyclic amines) is 1. The van der Waals surface area contributed by atoms with Crippen LogP contribution in [0.2, 0.25) is 0 Å². The number of rotatable bonds is 4. The van der Waals surface area contributed by atoms with E-state index in [-0.39, 0.29) is 23.7 Å². The lowest BCUT2D eigenvalue weighted by Crippen LogP contribution is -2.32. The number of aliphatic carboxylic acids is 1. The lowest BCUT2D eigenvalue weighted by atomic mass is 9.81. The van der Waals surface area contributed by atoms with Crippen LogP contribution < -0.4 is 5.32 Å². The molecule has 6 heteroatoms. The molecule has 1 heterocycles. The first-order valence-corrected chi connectivity index (χ1v) is 9.40. The van der Waals surface area contributed by atoms with E-state index in [9.17, 15) is 14.4 Å². The van der Waals surface area contributed by atoms with Crippen LogP contribution in [0.25, 0.3) is 0 Å². The Morgan fingerprint density at radius 1 is 1.04 bits per heavy atom. The van der Waals surface area contributed by atoms with Crippen LogP contribution in [0.1, 0.15) is 54.4 Å². The summed E-state index contributed by atoms with van der Waals surface area (Å²) in [5.74, 6) is -1.45. The Hall–Kier alpha value is -2.37. The molecule has 0 atom stereocenters. The Kier molecular flexibility index (Phi) is 5.59. The van der Waals surface area contributed by atoms with E-state index in [1.165, 1.54) is 0 Å². The molecule has 2 aliphatic rings. The molecule has 2 N–H and O–H groups in total. The minimum Gasteiger partial charge on any atom is -0.481 e. The van der Waals surface area contributed by atoms with E-state index in [2.05, 4.69) is 5.32 Å². The number of amides is 2. The van der Waals surface area contributed by atoms with Crippen LogP contribution in [-0.4, -0.2) is 40.9 Å². The summed E-state index contributed by atoms with van der Waals surface area (Å²) < 4.78 is 0. The highest BCUT2D eigenvalue weighted by Crippen LogP contribution is 2.31. The Morgan fingerprint density at radius 3 is 2.27 bits per heavy atom. The fraction of sp³-hybridized carbons (Fsp3) is 0.550. The van der Waals surface area contributed by atoms with Crippen molar-refractivity contribution in [1.82, 2.24) is 4.90 Å². The minimum atomic E-state index is -0.777. The van der Waals surface area contributed by atoms with Gasteiger partial charge >= 0.3 is 5.97 Å². The number of carbonyl (C=O) groups excluding carboxylic acids is 2. The van der Waals surface area contributed by atoms with Crippen molar-refractivity contribution in [3.8, 4) is 0 Å². The zero-order chi connectivity index (χ0) is 18.7. The molecule has 1 saturated carbocycles. The van der Waals surface area contributed by atoms with E-state index in [4.69, 9.17) is 5.11 Å². The molecule has 2 amide bonds. The molecule has 2 fully saturated rings. The summed E-state index contributed by atoms with van der Waals surface area (Å²) in [5.41, 5.74) is 1.99. The predicted molar refractivity (Wildman–Crippen MR) is 98.0 cm³/mol. The van der Waals surface area contributed by atoms with E-state index >= 15 is 0 Å². The maximum atomic E-state index is 12.9. The predicted octanol–water partition coefficient (Wildman–Crippen LogP) is 3.06. The van der Waals surface area contributed by atoms with Gasteiger partial charge in [-0.1, -0.05) is 12.1 Å². The molecule has 26 heavy (non-hydrogen) atoms. The van der Waals surface area contributed by atoms with Crippen molar-refractivity contribution in [2.45, 2.75) is 45.4 Å². The van der Waals surface area contributed by atoms with Gasteiger partial charge in [0.1, 0.15) is 0 Å². The number of anilines is 1. The third-order valence-electron chi connectivity index (χ3n) is 5.59. The number of hydrogen-bond acceptors (Lipinski definition) is 3. The van der Waals surface area contributed by atoms with Crippen LogP contribution in [-0.2, 0) is 9.59 Å². The summed E-state index contributed by atoms with van der Waals surface area (Å²) in [6.45, 7) is 3.41. The van der Waals surface area contributed by atoms with Crippen molar-refractivity contribution < 1.29 is 19.5 Å². The largest absolute Gasteiger partial charge is 0.481 e. The third-order valence-corrected chi connectivity index (χ3v) is 5.59. The second-order valence-electron chi connectivity index (χ2n) is 7.37. The highest BCUT2D eigenvalue weighted by Gasteiger charge is 2.31. The SMILES string of the molecule is Cc1cccc(NC(=O)C2CCC(C(=O)O)CC2)c1C(=O)N1CCCC1. The second kappa shape index (κ2) is 7.89. The molecule has 0 spiro atoms. The van der Waals surface area contributed by atoms with E-state index in [1.54, 1.807) is 6.07 Å². The van der Waals surface area contributed by atoms with Gasteiger partial charge in [0.25, 0.3) is 5.91 Å². The van der Waals surface area contributed by atoms with Crippen molar-refractivity contribution in [2.24, 2.45) is 11.8 Å². The number of carbonyl (C=O) groups is 3. The average Bonchev–Trinajstić information content (AvgIpc) is 3.16. The molecule has 0 radical (unpaired) electrons. The van der Waals surface area contributed by atoms with E-state index in [1.807, 2.05) is 24.0 Å². The molecule has 1 aromatic rings. The van der Waals surface area contributed by atoms with Crippen molar-refractivity contribution in [3.63, 3.8) is 0 Å². The lowest BCUT2D eigenvalue weighted by Gasteiger charge is -2.26. The van der Waals surface area contributed by atoms with E-state index in [0.717, 1.165) is 31.5 Å². The monoisotopic (exact) mass is 358 g/mol. The average molecular weight is 358 g/mol. The number of nitrogens with one attached hydrogen (secondary N) is 1. The molecule has 0 bridgehead atoms. The summed E-state index contributed by atoms with van der Waals surface area (Å²) in [7, 11) is 0. The van der Waals surface area contributed by atoms with Crippen LogP contribution in [0.3, 0.4) is 0 Å². The summed E-state index contributed by atoms with van der Waals surface area (Å²) in [6.07, 6.45) is 4.24. The standard InChI is InChI=1S/C20H26N2O4/c1-13-5-4-6-16(17(13)19(24)22-11-2-3-12-22)21-18(23)14-7-9-15(10-8-14)20(25)26/h4-6,14-15H,2-3,7-12H2,1H3,(H,21,23)(H,25,26). The fourth-order valence-electron chi connectivity index (χ4n) is 3.97. The van der Waals surface area contributed by atoms with E-state index in [0.29, 0.717) is 36.9 Å². The summed E-state index contributed by atoms with van der Waals surface area (Å²) in [5, 5.41) is 12.0. The second-order valence-corrected chi connectivity index (χ2v) is 7.37. The first-order valence-electron chi connectivity index (χ1n) is 9.40. The normalized spacial score (nSPS) is 22.9. The Bertz CT molecular complexity index is 702. The van der Waals surface area contributed by atoms with Crippen LogP contribution in [0.4, 0.5) is 5.69 Å². The summed E-state index contributed by atoms with van der Waals surface area (Å²) in [4.78, 5) is 38.4. The Morgan fingerprint density at radius 2 is 1.65 bits per heavy atom. The first-order chi connectivity index (χ1) is 12.5. The molecule has 140 valence electrons. The summed E-state index contributed by atoms with van der Waals surface area (Å²) in [6, 6.07) is 5.50. The highest BCUT2D eigenvalue weighted by molar-refractivity contribution is 6.05. The number of carboxylic acid groups (broad SMARTS) is 1. The Labute approximate surface area is 153 Å². The zero-order valence-corrected chi connectivity index (χ0v) is 15.2. The highest BCUT2D eigenvalue weighted by atomic mass is 16.4. The van der Waals surface area contributed by atoms with Gasteiger partial charge in [-0.25, -0.2) is 0 Å². The molecular formula is C20H26N2O4. The van der Waals surface area contributed by atoms with Crippen LogP contribution in [0.5, 0.6) is 0 Å². The zero-order valence-electron chi connectivity index (χ0n) is 15.2. The maximum absolute atomic E-state index is 12.9. The maximum Gasteiger partial charge on any atom is 0.306 e. The molecule has 6 nitrogen and oxygen atoms in total. The van der Waals surface area contributed by atoms with Crippen LogP contribution in [0, 0.1) is 18.8 Å². The van der Waals surface area contributed by atoms with Crippen molar-refractivity contribution >= 4 is 23.5 Å². The molecule has 0 unspecified atom stereocenters. The van der Waals surface area contributed by atoms with Gasteiger partial charge in [-0.05, 0) is 57.1 Å². The molecule has 1 aliphatic heterocycles. The van der Waals surface area contributed by atoms with Gasteiger partial charge in [0.05, 0.1) is 17.2 Å². The van der Waals surface area contributed by atoms with E-state index < -0.39 is 5.97 Å². The molecule has 1 aromatic carbocycles. The molecule has 1 saturated heterocycles. The number of nitrogens with zero attached hydrogens (tertiary/aromatic N) is 1. The molecule has 0 aromatic heterocycles. The van der Waals surface area contributed by atoms with Crippen molar-refractivity contribution in [2.75, 3.05) is 18.4 Å². The van der Waals surface area contributed by atoms with Crippen LogP contribution >= 0.6 is 0 Å². The van der Waals surface area contributed by atoms with Gasteiger partial charge in [0.15, 0.2) is 0 Å². The van der Waals surface area contributed by atoms with Gasteiger partial charge < -0.3 is 15.3 Å². The quantitative estimate of drug-likeness (QED) is 0.866. The number of hydrogen-bond donors (Lipinski definition) is 2. The smallest absolute Gasteiger partial charge is 0.306 e. The molecule has 1 aliphatic carbocycles. The number of carboxylic acids is 1. The van der Waals surface area contributed by atoms with Crippen LogP contribution in [0.15, 0.2) is 18.2 Å². The first kappa shape index (κ1) is 18.4. The number of aryl methyl sites for hydroxylation is 1. The van der Waals surface area contributed by atoms with Crippen molar-refractivity contribution in [3.05, 3.63) is 29.3 Å². The topological polar surface area (TPSA) is 86.7 Å². The molecular weight excluding hydrogens is 332 g/mol. The van der Waals surface area contributed by atoms with Crippen molar-refractivity contribution in [1.29, 1.82) is 0 Å². The summed E-state index contributed by atoms with van der Waals surface area (Å²) >= 11 is 0. The molecule has 3 rings (SSSR count). The fourth-order valence-corrected chi connectivity index (χ4v) is 3.97. The van der Waals surface area contributed by atoms with Gasteiger partial charge in [0.2, 0.25) is 5.91 Å². The van der Waals surface area contributed by atoms with Gasteiger partial charge in [-0.2, -0.15) is 0 Å². The third kappa shape index (κ3) is 3.89. The van der Waals surface area contributed by atoms with Gasteiger partial charge in [0, 0.05) is 19.0 Å². The lowest BCUT2D eigenvalue weighted by molar-refractivity contribution is -0.143. The van der Waals surface area contributed by atoms with Gasteiger partial charge in [-0.15, -0.1) is 0 Å². The Balaban J connectivity index is 1.71. The minimum absolute atomic E-state index is 0.0227.